The maximum absolute atomic E-state index is 14.3. The molecule has 0 bridgehead atoms. The third-order valence-electron chi connectivity index (χ3n) is 5.33. The van der Waals surface area contributed by atoms with Gasteiger partial charge in [-0.05, 0) is 18.6 Å². The predicted octanol–water partition coefficient (Wildman–Crippen LogP) is -0.0259. The molecule has 168 valence electrons. The van der Waals surface area contributed by atoms with Crippen LogP contribution in [0.2, 0.25) is 0 Å². The largest absolute Gasteiger partial charge is 0.425 e. The Bertz CT molecular complexity index is 1240. The predicted molar refractivity (Wildman–Crippen MR) is 103 cm³/mol. The lowest BCUT2D eigenvalue weighted by Gasteiger charge is -2.30. The lowest BCUT2D eigenvalue weighted by molar-refractivity contribution is -0.200. The number of para-hydroxylation sites is 1. The van der Waals surface area contributed by atoms with Gasteiger partial charge in [0.15, 0.2) is 0 Å². The first-order valence-corrected chi connectivity index (χ1v) is 9.48. The summed E-state index contributed by atoms with van der Waals surface area (Å²) in [5.41, 5.74) is -7.39. The number of alkyl halides is 3. The number of benzene rings is 1. The lowest BCUT2D eigenvalue weighted by atomic mass is 9.92. The van der Waals surface area contributed by atoms with E-state index in [4.69, 9.17) is 0 Å². The molecule has 3 heterocycles. The molecule has 13 heteroatoms. The molecule has 3 N–H and O–H groups in total. The van der Waals surface area contributed by atoms with Crippen molar-refractivity contribution >= 4 is 23.5 Å². The van der Waals surface area contributed by atoms with Gasteiger partial charge in [-0.2, -0.15) is 13.2 Å². The van der Waals surface area contributed by atoms with Crippen molar-refractivity contribution < 1.29 is 27.6 Å². The molecule has 1 saturated heterocycles. The van der Waals surface area contributed by atoms with Crippen molar-refractivity contribution in [2.75, 3.05) is 18.4 Å². The minimum atomic E-state index is -5.45. The first-order chi connectivity index (χ1) is 15.1. The molecule has 1 aromatic carbocycles. The molecule has 1 atom stereocenters. The number of carbonyl (C=O) groups is 3. The zero-order valence-corrected chi connectivity index (χ0v) is 16.3. The van der Waals surface area contributed by atoms with E-state index >= 15 is 0 Å². The van der Waals surface area contributed by atoms with Crippen LogP contribution in [-0.4, -0.2) is 51.4 Å². The number of rotatable bonds is 4. The van der Waals surface area contributed by atoms with Gasteiger partial charge in [0.1, 0.15) is 11.4 Å². The molecule has 0 radical (unpaired) electrons. The van der Waals surface area contributed by atoms with Gasteiger partial charge in [0.2, 0.25) is 17.4 Å². The highest BCUT2D eigenvalue weighted by Gasteiger charge is 2.68. The number of hydrogen-bond donors (Lipinski definition) is 3. The molecule has 1 aromatic heterocycles. The van der Waals surface area contributed by atoms with Crippen molar-refractivity contribution in [2.45, 2.75) is 24.6 Å². The fraction of sp³-hybridized carbons (Fsp3) is 0.316. The zero-order chi connectivity index (χ0) is 23.3. The topological polar surface area (TPSA) is 133 Å². The van der Waals surface area contributed by atoms with Crippen LogP contribution in [0, 0.1) is 0 Å². The molecule has 0 spiro atoms. The molecule has 0 aliphatic carbocycles. The van der Waals surface area contributed by atoms with Crippen LogP contribution in [0.25, 0.3) is 5.69 Å². The second kappa shape index (κ2) is 7.35. The summed E-state index contributed by atoms with van der Waals surface area (Å²) in [4.78, 5) is 64.7. The van der Waals surface area contributed by atoms with Gasteiger partial charge in [-0.25, -0.2) is 9.36 Å². The van der Waals surface area contributed by atoms with E-state index < -0.39 is 58.6 Å². The van der Waals surface area contributed by atoms with Crippen molar-refractivity contribution in [2.24, 2.45) is 0 Å². The first-order valence-electron chi connectivity index (χ1n) is 9.48. The summed E-state index contributed by atoms with van der Waals surface area (Å²) in [5.74, 6) is -4.14. The number of aromatic amines is 1. The Morgan fingerprint density at radius 1 is 1.12 bits per heavy atom. The number of hydrogen-bond acceptors (Lipinski definition) is 5. The van der Waals surface area contributed by atoms with E-state index in [-0.39, 0.29) is 18.7 Å². The molecule has 0 saturated carbocycles. The highest BCUT2D eigenvalue weighted by atomic mass is 19.4. The minimum absolute atomic E-state index is 0.0808. The molecule has 1 fully saturated rings. The number of fused-ring (bicyclic) bond motifs is 1. The number of aromatic nitrogens is 2. The number of likely N-dealkylation sites (tertiary alicyclic amines) is 1. The third-order valence-corrected chi connectivity index (χ3v) is 5.33. The second-order valence-electron chi connectivity index (χ2n) is 7.32. The fourth-order valence-corrected chi connectivity index (χ4v) is 3.89. The molecular formula is C19H16F3N5O5. The van der Waals surface area contributed by atoms with E-state index in [1.54, 1.807) is 16.4 Å². The quantitative estimate of drug-likeness (QED) is 0.601. The molecule has 0 unspecified atom stereocenters. The van der Waals surface area contributed by atoms with Crippen LogP contribution in [0.3, 0.4) is 0 Å². The Hall–Kier alpha value is -3.90. The van der Waals surface area contributed by atoms with E-state index in [2.05, 4.69) is 0 Å². The molecule has 2 aromatic rings. The Balaban J connectivity index is 1.87. The maximum atomic E-state index is 14.3. The molecule has 2 aliphatic heterocycles. The van der Waals surface area contributed by atoms with Crippen LogP contribution in [0.5, 0.6) is 0 Å². The Morgan fingerprint density at radius 2 is 1.81 bits per heavy atom. The Morgan fingerprint density at radius 3 is 2.41 bits per heavy atom. The van der Waals surface area contributed by atoms with Gasteiger partial charge < -0.3 is 15.5 Å². The van der Waals surface area contributed by atoms with E-state index in [0.717, 1.165) is 4.90 Å². The normalized spacial score (nSPS) is 20.3. The number of halogens is 3. The van der Waals surface area contributed by atoms with Gasteiger partial charge in [-0.3, -0.25) is 24.2 Å². The smallest absolute Gasteiger partial charge is 0.333 e. The van der Waals surface area contributed by atoms with Crippen LogP contribution in [0.4, 0.5) is 19.0 Å². The molecule has 32 heavy (non-hydrogen) atoms. The van der Waals surface area contributed by atoms with Gasteiger partial charge in [0.25, 0.3) is 11.5 Å². The summed E-state index contributed by atoms with van der Waals surface area (Å²) < 4.78 is 43.6. The summed E-state index contributed by atoms with van der Waals surface area (Å²) in [6, 6.07) is 7.37. The second-order valence-corrected chi connectivity index (χ2v) is 7.32. The standard InChI is InChI=1S/C19H16F3N5O5/c20-19(21,22)18(25-11(28)9-26-8-4-7-12(26)29)13-14(23-16(18)31)27(17(32)24-15(13)30)10-5-2-1-3-6-10/h1-3,5-6H,4,7-9H2,(H,23,31)(H,25,28)(H,24,30,32)/t18-/m1/s1. The highest BCUT2D eigenvalue weighted by Crippen LogP contribution is 2.45. The van der Waals surface area contributed by atoms with Gasteiger partial charge in [0.05, 0.1) is 12.2 Å². The summed E-state index contributed by atoms with van der Waals surface area (Å²) >= 11 is 0. The SMILES string of the molecule is O=C(CN1CCCC1=O)N[C@@]1(C(F)(F)F)C(=O)Nc2c1c(=O)[nH]c(=O)n2-c1ccccc1. The van der Waals surface area contributed by atoms with Crippen LogP contribution in [0.15, 0.2) is 39.9 Å². The van der Waals surface area contributed by atoms with E-state index in [1.165, 1.54) is 24.3 Å². The number of anilines is 1. The molecule has 3 amide bonds. The minimum Gasteiger partial charge on any atom is -0.333 e. The van der Waals surface area contributed by atoms with Crippen molar-refractivity contribution in [3.05, 3.63) is 56.7 Å². The third kappa shape index (κ3) is 3.16. The molecule has 2 aliphatic rings. The van der Waals surface area contributed by atoms with Crippen molar-refractivity contribution in [1.82, 2.24) is 19.8 Å². The summed E-state index contributed by atoms with van der Waals surface area (Å²) in [5, 5.41) is 3.56. The molecule has 10 nitrogen and oxygen atoms in total. The lowest BCUT2D eigenvalue weighted by Crippen LogP contribution is -2.63. The van der Waals surface area contributed by atoms with Gasteiger partial charge in [-0.15, -0.1) is 0 Å². The summed E-state index contributed by atoms with van der Waals surface area (Å²) in [7, 11) is 0. The zero-order valence-electron chi connectivity index (χ0n) is 16.3. The van der Waals surface area contributed by atoms with E-state index in [9.17, 15) is 37.1 Å². The van der Waals surface area contributed by atoms with Crippen LogP contribution >= 0.6 is 0 Å². The van der Waals surface area contributed by atoms with E-state index in [1.807, 2.05) is 5.32 Å². The Labute approximate surface area is 177 Å². The average molecular weight is 451 g/mol. The van der Waals surface area contributed by atoms with Crippen molar-refractivity contribution in [1.29, 1.82) is 0 Å². The van der Waals surface area contributed by atoms with Crippen LogP contribution in [-0.2, 0) is 19.9 Å². The number of nitrogens with zero attached hydrogens (tertiary/aromatic N) is 2. The molecular weight excluding hydrogens is 435 g/mol. The first kappa shape index (κ1) is 21.3. The maximum Gasteiger partial charge on any atom is 0.425 e. The van der Waals surface area contributed by atoms with E-state index in [0.29, 0.717) is 11.0 Å². The van der Waals surface area contributed by atoms with Crippen LogP contribution < -0.4 is 21.9 Å². The number of carbonyl (C=O) groups excluding carboxylic acids is 3. The van der Waals surface area contributed by atoms with Gasteiger partial charge in [0, 0.05) is 13.0 Å². The fourth-order valence-electron chi connectivity index (χ4n) is 3.89. The summed E-state index contributed by atoms with van der Waals surface area (Å²) in [6.07, 6.45) is -4.84. The van der Waals surface area contributed by atoms with Gasteiger partial charge in [-0.1, -0.05) is 18.2 Å². The number of amides is 3. The summed E-state index contributed by atoms with van der Waals surface area (Å²) in [6.45, 7) is -0.530. The monoisotopic (exact) mass is 451 g/mol. The van der Waals surface area contributed by atoms with Crippen molar-refractivity contribution in [3.63, 3.8) is 0 Å². The number of nitrogens with one attached hydrogen (secondary N) is 3. The van der Waals surface area contributed by atoms with Gasteiger partial charge >= 0.3 is 11.9 Å². The molecule has 4 rings (SSSR count). The average Bonchev–Trinajstić information content (AvgIpc) is 3.23. The van der Waals surface area contributed by atoms with Crippen molar-refractivity contribution in [3.8, 4) is 5.69 Å². The Kier molecular flexibility index (Phi) is 4.90. The highest BCUT2D eigenvalue weighted by molar-refractivity contribution is 6.08. The number of H-pyrrole nitrogens is 1. The van der Waals surface area contributed by atoms with Crippen LogP contribution in [0.1, 0.15) is 18.4 Å².